The molecule has 0 aliphatic carbocycles. The highest BCUT2D eigenvalue weighted by atomic mass is 16.5. The van der Waals surface area contributed by atoms with Crippen molar-refractivity contribution >= 4 is 17.6 Å². The molecule has 136 valence electrons. The smallest absolute Gasteiger partial charge is 0.315 e. The second-order valence-electron chi connectivity index (χ2n) is 6.20. The van der Waals surface area contributed by atoms with Gasteiger partial charge >= 0.3 is 6.03 Å². The Balaban J connectivity index is 1.46. The van der Waals surface area contributed by atoms with Gasteiger partial charge in [0.25, 0.3) is 0 Å². The molecule has 1 fully saturated rings. The number of ether oxygens (including phenoxy) is 1. The number of carbonyl (C=O) groups is 2. The monoisotopic (exact) mass is 353 g/mol. The fourth-order valence-corrected chi connectivity index (χ4v) is 3.12. The molecular weight excluding hydrogens is 330 g/mol. The van der Waals surface area contributed by atoms with E-state index < -0.39 is 0 Å². The minimum atomic E-state index is -0.257. The van der Waals surface area contributed by atoms with Crippen LogP contribution >= 0.6 is 0 Å². The summed E-state index contributed by atoms with van der Waals surface area (Å²) in [6, 6.07) is 16.8. The molecule has 0 bridgehead atoms. The van der Waals surface area contributed by atoms with Gasteiger partial charge in [0.1, 0.15) is 5.75 Å². The molecule has 26 heavy (non-hydrogen) atoms. The van der Waals surface area contributed by atoms with Crippen LogP contribution in [-0.2, 0) is 11.2 Å². The molecule has 0 radical (unpaired) electrons. The van der Waals surface area contributed by atoms with Gasteiger partial charge in [-0.1, -0.05) is 36.4 Å². The van der Waals surface area contributed by atoms with Crippen LogP contribution < -0.4 is 20.3 Å². The zero-order chi connectivity index (χ0) is 18.4. The largest absolute Gasteiger partial charge is 0.496 e. The van der Waals surface area contributed by atoms with Gasteiger partial charge < -0.3 is 20.3 Å². The third-order valence-corrected chi connectivity index (χ3v) is 4.40. The molecule has 3 rings (SSSR count). The highest BCUT2D eigenvalue weighted by Gasteiger charge is 2.31. The fraction of sp³-hybridized carbons (Fsp3) is 0.300. The number of para-hydroxylation sites is 2. The molecule has 1 atom stereocenters. The van der Waals surface area contributed by atoms with Crippen molar-refractivity contribution in [2.75, 3.05) is 25.1 Å². The Hall–Kier alpha value is -3.02. The number of nitrogens with one attached hydrogen (secondary N) is 2. The maximum absolute atomic E-state index is 12.2. The Morgan fingerprint density at radius 1 is 1.15 bits per heavy atom. The van der Waals surface area contributed by atoms with E-state index in [1.54, 1.807) is 12.0 Å². The topological polar surface area (TPSA) is 70.7 Å². The Bertz CT molecular complexity index is 764. The van der Waals surface area contributed by atoms with Crippen LogP contribution in [0, 0.1) is 0 Å². The molecule has 6 heteroatoms. The van der Waals surface area contributed by atoms with Crippen molar-refractivity contribution in [2.24, 2.45) is 0 Å². The van der Waals surface area contributed by atoms with Crippen LogP contribution in [0.3, 0.4) is 0 Å². The number of amides is 3. The van der Waals surface area contributed by atoms with Gasteiger partial charge in [-0.25, -0.2) is 4.79 Å². The minimum absolute atomic E-state index is 0.0236. The number of anilines is 1. The van der Waals surface area contributed by atoms with Crippen LogP contribution in [0.4, 0.5) is 10.5 Å². The van der Waals surface area contributed by atoms with Gasteiger partial charge in [-0.15, -0.1) is 0 Å². The number of nitrogens with zero attached hydrogens (tertiary/aromatic N) is 1. The van der Waals surface area contributed by atoms with Gasteiger partial charge in [0.05, 0.1) is 13.2 Å². The van der Waals surface area contributed by atoms with Crippen molar-refractivity contribution in [3.05, 3.63) is 60.2 Å². The molecule has 2 aromatic carbocycles. The van der Waals surface area contributed by atoms with E-state index in [0.29, 0.717) is 25.9 Å². The number of urea groups is 1. The number of hydrogen-bond donors (Lipinski definition) is 2. The Morgan fingerprint density at radius 2 is 1.88 bits per heavy atom. The van der Waals surface area contributed by atoms with E-state index in [9.17, 15) is 9.59 Å². The lowest BCUT2D eigenvalue weighted by Crippen LogP contribution is -2.43. The summed E-state index contributed by atoms with van der Waals surface area (Å²) in [5, 5.41) is 5.72. The highest BCUT2D eigenvalue weighted by Crippen LogP contribution is 2.21. The molecule has 0 saturated carbocycles. The lowest BCUT2D eigenvalue weighted by Gasteiger charge is -2.17. The van der Waals surface area contributed by atoms with Crippen molar-refractivity contribution in [1.82, 2.24) is 10.6 Å². The summed E-state index contributed by atoms with van der Waals surface area (Å²) in [6.45, 7) is 0.984. The molecule has 1 aliphatic rings. The first-order chi connectivity index (χ1) is 12.7. The summed E-state index contributed by atoms with van der Waals surface area (Å²) in [5.74, 6) is 0.838. The van der Waals surface area contributed by atoms with Crippen molar-refractivity contribution < 1.29 is 14.3 Å². The van der Waals surface area contributed by atoms with Crippen molar-refractivity contribution in [1.29, 1.82) is 0 Å². The van der Waals surface area contributed by atoms with E-state index in [-0.39, 0.29) is 18.0 Å². The standard InChI is InChI=1S/C20H23N3O3/c1-26-18-10-6-5-7-15(18)11-12-21-20(25)22-16-13-19(24)23(14-16)17-8-3-2-4-9-17/h2-10,16H,11-14H2,1H3,(H2,21,22,25). The van der Waals surface area contributed by atoms with Gasteiger partial charge in [-0.05, 0) is 30.2 Å². The summed E-state index contributed by atoms with van der Waals surface area (Å²) in [5.41, 5.74) is 1.90. The maximum Gasteiger partial charge on any atom is 0.315 e. The summed E-state index contributed by atoms with van der Waals surface area (Å²) in [4.78, 5) is 26.0. The number of rotatable bonds is 6. The van der Waals surface area contributed by atoms with Gasteiger partial charge in [0.15, 0.2) is 0 Å². The van der Waals surface area contributed by atoms with Crippen LogP contribution in [0.15, 0.2) is 54.6 Å². The second-order valence-corrected chi connectivity index (χ2v) is 6.20. The third-order valence-electron chi connectivity index (χ3n) is 4.40. The normalized spacial score (nSPS) is 16.4. The first kappa shape index (κ1) is 17.8. The summed E-state index contributed by atoms with van der Waals surface area (Å²) in [7, 11) is 1.63. The average Bonchev–Trinajstić information content (AvgIpc) is 3.03. The van der Waals surface area contributed by atoms with Crippen LogP contribution in [0.5, 0.6) is 5.75 Å². The molecule has 0 aromatic heterocycles. The third kappa shape index (κ3) is 4.33. The van der Waals surface area contributed by atoms with Gasteiger partial charge in [0.2, 0.25) is 5.91 Å². The number of hydrogen-bond acceptors (Lipinski definition) is 3. The number of carbonyl (C=O) groups excluding carboxylic acids is 2. The molecule has 1 unspecified atom stereocenters. The highest BCUT2D eigenvalue weighted by molar-refractivity contribution is 5.96. The van der Waals surface area contributed by atoms with Crippen molar-refractivity contribution in [3.8, 4) is 5.75 Å². The van der Waals surface area contributed by atoms with Crippen LogP contribution in [0.2, 0.25) is 0 Å². The van der Waals surface area contributed by atoms with Crippen LogP contribution in [0.1, 0.15) is 12.0 Å². The first-order valence-corrected chi connectivity index (χ1v) is 8.69. The zero-order valence-electron chi connectivity index (χ0n) is 14.8. The lowest BCUT2D eigenvalue weighted by atomic mass is 10.1. The van der Waals surface area contributed by atoms with E-state index in [4.69, 9.17) is 4.74 Å². The maximum atomic E-state index is 12.2. The average molecular weight is 353 g/mol. The van der Waals surface area contributed by atoms with E-state index in [1.807, 2.05) is 54.6 Å². The molecule has 0 spiro atoms. The molecule has 2 aromatic rings. The fourth-order valence-electron chi connectivity index (χ4n) is 3.12. The van der Waals surface area contributed by atoms with Gasteiger partial charge in [-0.2, -0.15) is 0 Å². The molecule has 1 heterocycles. The Morgan fingerprint density at radius 3 is 2.65 bits per heavy atom. The number of methoxy groups -OCH3 is 1. The van der Waals surface area contributed by atoms with E-state index in [2.05, 4.69) is 10.6 Å². The minimum Gasteiger partial charge on any atom is -0.496 e. The number of benzene rings is 2. The predicted molar refractivity (Wildman–Crippen MR) is 100 cm³/mol. The molecule has 1 aliphatic heterocycles. The SMILES string of the molecule is COc1ccccc1CCNC(=O)NC1CC(=O)N(c2ccccc2)C1. The van der Waals surface area contributed by atoms with Crippen LogP contribution in [0.25, 0.3) is 0 Å². The summed E-state index contributed by atoms with van der Waals surface area (Å²) in [6.07, 6.45) is 0.992. The first-order valence-electron chi connectivity index (χ1n) is 8.69. The van der Waals surface area contributed by atoms with Crippen molar-refractivity contribution in [3.63, 3.8) is 0 Å². The van der Waals surface area contributed by atoms with Crippen LogP contribution in [-0.4, -0.2) is 38.2 Å². The van der Waals surface area contributed by atoms with E-state index in [0.717, 1.165) is 17.0 Å². The molecule has 6 nitrogen and oxygen atoms in total. The summed E-state index contributed by atoms with van der Waals surface area (Å²) < 4.78 is 5.30. The predicted octanol–water partition coefficient (Wildman–Crippen LogP) is 2.34. The van der Waals surface area contributed by atoms with E-state index in [1.165, 1.54) is 0 Å². The second kappa shape index (κ2) is 8.38. The molecule has 1 saturated heterocycles. The van der Waals surface area contributed by atoms with Gasteiger partial charge in [0, 0.05) is 25.2 Å². The Labute approximate surface area is 153 Å². The quantitative estimate of drug-likeness (QED) is 0.837. The molecule has 2 N–H and O–H groups in total. The molecule has 3 amide bonds. The zero-order valence-corrected chi connectivity index (χ0v) is 14.8. The van der Waals surface area contributed by atoms with E-state index >= 15 is 0 Å². The lowest BCUT2D eigenvalue weighted by molar-refractivity contribution is -0.117. The molecular formula is C20H23N3O3. The summed E-state index contributed by atoms with van der Waals surface area (Å²) >= 11 is 0. The van der Waals surface area contributed by atoms with Crippen molar-refractivity contribution in [2.45, 2.75) is 18.9 Å². The van der Waals surface area contributed by atoms with Gasteiger partial charge in [-0.3, -0.25) is 4.79 Å². The Kier molecular flexibility index (Phi) is 5.73.